The summed E-state index contributed by atoms with van der Waals surface area (Å²) in [6.45, 7) is 3.34. The molecule has 53 heavy (non-hydrogen) atoms. The van der Waals surface area contributed by atoms with Crippen LogP contribution in [0.15, 0.2) is 109 Å². The van der Waals surface area contributed by atoms with Gasteiger partial charge in [-0.3, -0.25) is 10.1 Å². The summed E-state index contributed by atoms with van der Waals surface area (Å²) in [4.78, 5) is 27.8. The van der Waals surface area contributed by atoms with Crippen LogP contribution in [0.4, 0.5) is 22.0 Å². The van der Waals surface area contributed by atoms with Gasteiger partial charge in [0.2, 0.25) is 40.7 Å². The van der Waals surface area contributed by atoms with Gasteiger partial charge < -0.3 is 19.5 Å². The molecule has 0 spiro atoms. The van der Waals surface area contributed by atoms with Crippen LogP contribution in [0.1, 0.15) is 48.9 Å². The van der Waals surface area contributed by atoms with Crippen LogP contribution in [0.2, 0.25) is 0 Å². The van der Waals surface area contributed by atoms with Gasteiger partial charge in [0.1, 0.15) is 23.1 Å². The summed E-state index contributed by atoms with van der Waals surface area (Å²) >= 11 is 0. The highest BCUT2D eigenvalue weighted by Crippen LogP contribution is 2.37. The molecule has 0 bridgehead atoms. The second-order valence-corrected chi connectivity index (χ2v) is 12.7. The van der Waals surface area contributed by atoms with E-state index in [9.17, 15) is 31.5 Å². The Balaban J connectivity index is 1.52. The van der Waals surface area contributed by atoms with Gasteiger partial charge in [-0.1, -0.05) is 91.0 Å². The number of rotatable bonds is 14. The Morgan fingerprint density at radius 3 is 1.45 bits per heavy atom. The molecule has 0 saturated carbocycles. The van der Waals surface area contributed by atoms with Gasteiger partial charge in [-0.25, -0.2) is 18.0 Å². The third kappa shape index (κ3) is 8.18. The number of carbonyl (C=O) groups is 2. The summed E-state index contributed by atoms with van der Waals surface area (Å²) in [5.41, 5.74) is 0.386. The molecule has 276 valence electrons. The van der Waals surface area contributed by atoms with Crippen molar-refractivity contribution in [3.05, 3.63) is 161 Å². The molecule has 1 unspecified atom stereocenters. The van der Waals surface area contributed by atoms with Gasteiger partial charge in [0.05, 0.1) is 14.2 Å². The van der Waals surface area contributed by atoms with E-state index < -0.39 is 63.8 Å². The standard InChI is InChI=1S/C41H37F5N2O5/c1-40(2,28-22-29(51-3)24-30(23-28)52-4)47-31(39(50)53-38-36(45)34(43)33(42)35(44)37(38)46)20-21-32(49)48-41(25-14-8-5-9-15-25,26-16-10-6-11-17-26)27-18-12-7-13-19-27/h5-19,22-24,31,47H,20-21H2,1-4H3,(H,48,49). The average molecular weight is 733 g/mol. The van der Waals surface area contributed by atoms with Gasteiger partial charge in [-0.05, 0) is 54.7 Å². The van der Waals surface area contributed by atoms with Crippen LogP contribution in [-0.4, -0.2) is 32.1 Å². The molecule has 1 amide bonds. The van der Waals surface area contributed by atoms with E-state index in [2.05, 4.69) is 10.6 Å². The Kier molecular flexibility index (Phi) is 11.8. The van der Waals surface area contributed by atoms with Gasteiger partial charge in [0.15, 0.2) is 0 Å². The Bertz CT molecular complexity index is 1920. The van der Waals surface area contributed by atoms with Crippen molar-refractivity contribution in [2.45, 2.75) is 43.8 Å². The lowest BCUT2D eigenvalue weighted by Crippen LogP contribution is -2.51. The van der Waals surface area contributed by atoms with Crippen LogP contribution in [0.3, 0.4) is 0 Å². The van der Waals surface area contributed by atoms with Crippen molar-refractivity contribution in [1.82, 2.24) is 10.6 Å². The topological polar surface area (TPSA) is 85.9 Å². The second kappa shape index (κ2) is 16.3. The number of benzene rings is 5. The summed E-state index contributed by atoms with van der Waals surface area (Å²) in [7, 11) is 2.89. The first kappa shape index (κ1) is 38.5. The Hall–Kier alpha value is -5.75. The minimum atomic E-state index is -2.40. The SMILES string of the molecule is COc1cc(OC)cc(C(C)(C)NC(CCC(=O)NC(c2ccccc2)(c2ccccc2)c2ccccc2)C(=O)Oc2c(F)c(F)c(F)c(F)c2F)c1. The van der Waals surface area contributed by atoms with Gasteiger partial charge in [-0.15, -0.1) is 0 Å². The normalized spacial score (nSPS) is 12.2. The fraction of sp³-hybridized carbons (Fsp3) is 0.220. The van der Waals surface area contributed by atoms with Crippen LogP contribution >= 0.6 is 0 Å². The lowest BCUT2D eigenvalue weighted by Gasteiger charge is -2.37. The summed E-state index contributed by atoms with van der Waals surface area (Å²) in [6, 6.07) is 31.2. The zero-order valence-electron chi connectivity index (χ0n) is 29.3. The molecule has 0 fully saturated rings. The molecule has 2 N–H and O–H groups in total. The number of amides is 1. The van der Waals surface area contributed by atoms with Crippen LogP contribution in [0.25, 0.3) is 0 Å². The number of hydrogen-bond acceptors (Lipinski definition) is 6. The molecule has 12 heteroatoms. The van der Waals surface area contributed by atoms with Crippen molar-refractivity contribution in [2.75, 3.05) is 14.2 Å². The van der Waals surface area contributed by atoms with E-state index in [-0.39, 0.29) is 12.8 Å². The monoisotopic (exact) mass is 732 g/mol. The molecular weight excluding hydrogens is 695 g/mol. The minimum absolute atomic E-state index is 0.334. The van der Waals surface area contributed by atoms with Crippen molar-refractivity contribution >= 4 is 11.9 Å². The molecule has 5 aromatic carbocycles. The smallest absolute Gasteiger partial charge is 0.328 e. The molecule has 0 aliphatic heterocycles. The molecule has 0 heterocycles. The van der Waals surface area contributed by atoms with E-state index in [1.165, 1.54) is 14.2 Å². The lowest BCUT2D eigenvalue weighted by molar-refractivity contribution is -0.138. The largest absolute Gasteiger partial charge is 0.497 e. The predicted octanol–water partition coefficient (Wildman–Crippen LogP) is 8.09. The van der Waals surface area contributed by atoms with Gasteiger partial charge in [-0.2, -0.15) is 8.78 Å². The number of nitrogens with one attached hydrogen (secondary N) is 2. The molecule has 0 radical (unpaired) electrons. The van der Waals surface area contributed by atoms with Crippen LogP contribution < -0.4 is 24.8 Å². The molecule has 5 aromatic rings. The van der Waals surface area contributed by atoms with Gasteiger partial charge >= 0.3 is 5.97 Å². The fourth-order valence-corrected chi connectivity index (χ4v) is 6.11. The molecule has 0 aliphatic rings. The minimum Gasteiger partial charge on any atom is -0.497 e. The maximum Gasteiger partial charge on any atom is 0.328 e. The second-order valence-electron chi connectivity index (χ2n) is 12.7. The molecule has 0 aromatic heterocycles. The summed E-state index contributed by atoms with van der Waals surface area (Å²) in [5, 5.41) is 6.23. The number of esters is 1. The van der Waals surface area contributed by atoms with Crippen molar-refractivity contribution < 1.29 is 45.8 Å². The van der Waals surface area contributed by atoms with Crippen molar-refractivity contribution in [3.63, 3.8) is 0 Å². The number of halogens is 5. The number of methoxy groups -OCH3 is 2. The van der Waals surface area contributed by atoms with Gasteiger partial charge in [0, 0.05) is 18.0 Å². The van der Waals surface area contributed by atoms with Crippen LogP contribution in [0.5, 0.6) is 17.2 Å². The molecule has 1 atom stereocenters. The van der Waals surface area contributed by atoms with Crippen molar-refractivity contribution in [1.29, 1.82) is 0 Å². The van der Waals surface area contributed by atoms with Crippen LogP contribution in [-0.2, 0) is 20.7 Å². The van der Waals surface area contributed by atoms with E-state index in [1.54, 1.807) is 32.0 Å². The van der Waals surface area contributed by atoms with E-state index in [0.29, 0.717) is 17.1 Å². The van der Waals surface area contributed by atoms with Crippen molar-refractivity contribution in [3.8, 4) is 17.2 Å². The average Bonchev–Trinajstić information content (AvgIpc) is 3.19. The number of ether oxygens (including phenoxy) is 3. The Morgan fingerprint density at radius 2 is 1.04 bits per heavy atom. The first-order valence-corrected chi connectivity index (χ1v) is 16.5. The maximum atomic E-state index is 14.7. The molecular formula is C41H37F5N2O5. The zero-order chi connectivity index (χ0) is 38.3. The van der Waals surface area contributed by atoms with Gasteiger partial charge in [0.25, 0.3) is 0 Å². The summed E-state index contributed by atoms with van der Waals surface area (Å²) < 4.78 is 86.9. The maximum absolute atomic E-state index is 14.7. The third-order valence-electron chi connectivity index (χ3n) is 8.87. The number of carbonyl (C=O) groups excluding carboxylic acids is 2. The number of hydrogen-bond donors (Lipinski definition) is 2. The molecule has 5 rings (SSSR count). The highest BCUT2D eigenvalue weighted by molar-refractivity contribution is 5.82. The van der Waals surface area contributed by atoms with E-state index in [4.69, 9.17) is 14.2 Å². The van der Waals surface area contributed by atoms with Crippen LogP contribution in [0, 0.1) is 29.1 Å². The third-order valence-corrected chi connectivity index (χ3v) is 8.87. The van der Waals surface area contributed by atoms with E-state index in [1.807, 2.05) is 91.0 Å². The fourth-order valence-electron chi connectivity index (χ4n) is 6.11. The summed E-state index contributed by atoms with van der Waals surface area (Å²) in [5.74, 6) is -14.5. The highest BCUT2D eigenvalue weighted by Gasteiger charge is 2.39. The first-order valence-electron chi connectivity index (χ1n) is 16.5. The summed E-state index contributed by atoms with van der Waals surface area (Å²) in [6.07, 6.45) is -0.686. The van der Waals surface area contributed by atoms with E-state index >= 15 is 0 Å². The zero-order valence-corrected chi connectivity index (χ0v) is 29.3. The lowest BCUT2D eigenvalue weighted by atomic mass is 9.77. The molecule has 7 nitrogen and oxygen atoms in total. The van der Waals surface area contributed by atoms with Crippen molar-refractivity contribution in [2.24, 2.45) is 0 Å². The first-order chi connectivity index (χ1) is 25.3. The highest BCUT2D eigenvalue weighted by atomic mass is 19.2. The Morgan fingerprint density at radius 1 is 0.623 bits per heavy atom. The predicted molar refractivity (Wildman–Crippen MR) is 188 cm³/mol. The molecule has 0 saturated heterocycles. The van der Waals surface area contributed by atoms with E-state index in [0.717, 1.165) is 16.7 Å². The quantitative estimate of drug-likeness (QED) is 0.0300. The molecule has 0 aliphatic carbocycles. The Labute approximate surface area is 303 Å².